The minimum absolute atomic E-state index is 0.0576. The van der Waals surface area contributed by atoms with Crippen LogP contribution in [0.2, 0.25) is 0 Å². The Morgan fingerprint density at radius 3 is 2.07 bits per heavy atom. The highest BCUT2D eigenvalue weighted by Gasteiger charge is 2.30. The van der Waals surface area contributed by atoms with Gasteiger partial charge in [-0.25, -0.2) is 0 Å². The van der Waals surface area contributed by atoms with Gasteiger partial charge in [-0.1, -0.05) is 20.8 Å². The molecule has 4 N–H and O–H groups in total. The van der Waals surface area contributed by atoms with Crippen molar-refractivity contribution < 1.29 is 9.90 Å². The van der Waals surface area contributed by atoms with Crippen molar-refractivity contribution in [2.75, 3.05) is 6.61 Å². The number of nitrogens with two attached hydrogens (primary N) is 1. The lowest BCUT2D eigenvalue weighted by Crippen LogP contribution is -2.55. The van der Waals surface area contributed by atoms with E-state index in [0.717, 1.165) is 0 Å². The summed E-state index contributed by atoms with van der Waals surface area (Å²) < 4.78 is 0. The summed E-state index contributed by atoms with van der Waals surface area (Å²) >= 11 is 0. The molecule has 0 spiro atoms. The van der Waals surface area contributed by atoms with E-state index in [1.54, 1.807) is 13.8 Å². The minimum Gasteiger partial charge on any atom is -0.396 e. The normalized spacial score (nSPS) is 14.9. The second kappa shape index (κ2) is 4.94. The number of aliphatic hydroxyl groups is 1. The second-order valence-corrected chi connectivity index (χ2v) is 5.63. The van der Waals surface area contributed by atoms with Crippen molar-refractivity contribution >= 4 is 5.91 Å². The van der Waals surface area contributed by atoms with E-state index < -0.39 is 5.54 Å². The van der Waals surface area contributed by atoms with Gasteiger partial charge in [0.25, 0.3) is 0 Å². The van der Waals surface area contributed by atoms with Crippen LogP contribution in [0.3, 0.4) is 0 Å². The van der Waals surface area contributed by atoms with E-state index in [1.165, 1.54) is 0 Å². The topological polar surface area (TPSA) is 75.4 Å². The Morgan fingerprint density at radius 2 is 1.80 bits per heavy atom. The molecule has 0 radical (unpaired) electrons. The van der Waals surface area contributed by atoms with Gasteiger partial charge in [0.15, 0.2) is 0 Å². The number of aliphatic hydroxyl groups excluding tert-OH is 1. The van der Waals surface area contributed by atoms with Crippen molar-refractivity contribution in [1.29, 1.82) is 0 Å². The van der Waals surface area contributed by atoms with Crippen molar-refractivity contribution in [3.05, 3.63) is 0 Å². The van der Waals surface area contributed by atoms with Gasteiger partial charge in [0.1, 0.15) is 0 Å². The Labute approximate surface area is 92.2 Å². The summed E-state index contributed by atoms with van der Waals surface area (Å²) in [7, 11) is 0. The average molecular weight is 216 g/mol. The Balaban J connectivity index is 4.50. The molecule has 0 aliphatic rings. The number of hydrogen-bond acceptors (Lipinski definition) is 3. The number of rotatable bonds is 4. The summed E-state index contributed by atoms with van der Waals surface area (Å²) in [5, 5.41) is 11.8. The highest BCUT2D eigenvalue weighted by Crippen LogP contribution is 2.22. The molecule has 0 fully saturated rings. The summed E-state index contributed by atoms with van der Waals surface area (Å²) in [4.78, 5) is 11.7. The molecule has 0 aliphatic carbocycles. The van der Waals surface area contributed by atoms with Crippen LogP contribution in [0.1, 0.15) is 41.0 Å². The van der Waals surface area contributed by atoms with Gasteiger partial charge < -0.3 is 16.2 Å². The number of hydrogen-bond donors (Lipinski definition) is 3. The quantitative estimate of drug-likeness (QED) is 0.645. The van der Waals surface area contributed by atoms with E-state index in [-0.39, 0.29) is 24.0 Å². The summed E-state index contributed by atoms with van der Waals surface area (Å²) in [6.45, 7) is 9.47. The molecule has 1 amide bonds. The van der Waals surface area contributed by atoms with Gasteiger partial charge in [0.2, 0.25) is 5.91 Å². The third-order valence-electron chi connectivity index (χ3n) is 2.35. The molecule has 4 nitrogen and oxygen atoms in total. The molecule has 1 unspecified atom stereocenters. The lowest BCUT2D eigenvalue weighted by Gasteiger charge is -2.33. The number of nitrogens with one attached hydrogen (secondary N) is 1. The van der Waals surface area contributed by atoms with Crippen LogP contribution < -0.4 is 11.1 Å². The largest absolute Gasteiger partial charge is 0.396 e. The molecular weight excluding hydrogens is 192 g/mol. The zero-order valence-corrected chi connectivity index (χ0v) is 10.4. The second-order valence-electron chi connectivity index (χ2n) is 5.63. The van der Waals surface area contributed by atoms with Crippen molar-refractivity contribution in [2.45, 2.75) is 52.6 Å². The first kappa shape index (κ1) is 14.4. The maximum atomic E-state index is 11.7. The molecule has 90 valence electrons. The van der Waals surface area contributed by atoms with Crippen LogP contribution in [0, 0.1) is 5.41 Å². The molecule has 4 heteroatoms. The maximum Gasteiger partial charge on any atom is 0.239 e. The first-order valence-electron chi connectivity index (χ1n) is 5.29. The molecule has 0 aromatic heterocycles. The summed E-state index contributed by atoms with van der Waals surface area (Å²) in [6, 6.07) is -0.0576. The monoisotopic (exact) mass is 216 g/mol. The molecule has 0 saturated heterocycles. The number of carbonyl (C=O) groups is 1. The molecule has 0 rings (SSSR count). The van der Waals surface area contributed by atoms with E-state index in [4.69, 9.17) is 10.8 Å². The Hall–Kier alpha value is -0.610. The van der Waals surface area contributed by atoms with Gasteiger partial charge in [0, 0.05) is 12.6 Å². The van der Waals surface area contributed by atoms with E-state index in [9.17, 15) is 4.79 Å². The molecule has 0 heterocycles. The van der Waals surface area contributed by atoms with Crippen LogP contribution in [0.4, 0.5) is 0 Å². The molecule has 0 aliphatic heterocycles. The van der Waals surface area contributed by atoms with Crippen LogP contribution >= 0.6 is 0 Å². The molecule has 0 aromatic carbocycles. The molecule has 0 aromatic rings. The Morgan fingerprint density at radius 1 is 1.33 bits per heavy atom. The molecule has 0 saturated carbocycles. The van der Waals surface area contributed by atoms with Crippen molar-refractivity contribution in [2.24, 2.45) is 11.1 Å². The smallest absolute Gasteiger partial charge is 0.239 e. The molecule has 1 atom stereocenters. The van der Waals surface area contributed by atoms with E-state index in [2.05, 4.69) is 5.32 Å². The van der Waals surface area contributed by atoms with Crippen molar-refractivity contribution in [3.63, 3.8) is 0 Å². The van der Waals surface area contributed by atoms with Crippen molar-refractivity contribution in [1.82, 2.24) is 5.32 Å². The van der Waals surface area contributed by atoms with Crippen LogP contribution in [-0.4, -0.2) is 29.2 Å². The molecule has 0 bridgehead atoms. The summed E-state index contributed by atoms with van der Waals surface area (Å²) in [5.41, 5.74) is 4.74. The third kappa shape index (κ3) is 5.14. The first-order valence-corrected chi connectivity index (χ1v) is 5.29. The fraction of sp³-hybridized carbons (Fsp3) is 0.909. The average Bonchev–Trinajstić information content (AvgIpc) is 1.99. The number of amides is 1. The van der Waals surface area contributed by atoms with Crippen LogP contribution in [-0.2, 0) is 4.79 Å². The summed E-state index contributed by atoms with van der Waals surface area (Å²) in [6.07, 6.45) is 0.547. The Kier molecular flexibility index (Phi) is 4.74. The predicted molar refractivity (Wildman–Crippen MR) is 61.4 cm³/mol. The zero-order valence-electron chi connectivity index (χ0n) is 10.4. The fourth-order valence-electron chi connectivity index (χ4n) is 1.20. The zero-order chi connectivity index (χ0) is 12.3. The SMILES string of the molecule is CC(C)(N)C(=O)NC(CCO)C(C)(C)C. The van der Waals surface area contributed by atoms with Crippen LogP contribution in [0.15, 0.2) is 0 Å². The van der Waals surface area contributed by atoms with E-state index in [0.29, 0.717) is 6.42 Å². The van der Waals surface area contributed by atoms with Gasteiger partial charge >= 0.3 is 0 Å². The van der Waals surface area contributed by atoms with Crippen molar-refractivity contribution in [3.8, 4) is 0 Å². The summed E-state index contributed by atoms with van der Waals surface area (Å²) in [5.74, 6) is -0.184. The maximum absolute atomic E-state index is 11.7. The minimum atomic E-state index is -0.876. The van der Waals surface area contributed by atoms with Gasteiger partial charge in [-0.15, -0.1) is 0 Å². The lowest BCUT2D eigenvalue weighted by atomic mass is 9.84. The predicted octanol–water partition coefficient (Wildman–Crippen LogP) is 0.637. The number of carbonyl (C=O) groups excluding carboxylic acids is 1. The van der Waals surface area contributed by atoms with E-state index in [1.807, 2.05) is 20.8 Å². The molecule has 15 heavy (non-hydrogen) atoms. The van der Waals surface area contributed by atoms with E-state index >= 15 is 0 Å². The van der Waals surface area contributed by atoms with Gasteiger partial charge in [0.05, 0.1) is 5.54 Å². The standard InChI is InChI=1S/C11H24N2O2/c1-10(2,3)8(6-7-14)13-9(15)11(4,5)12/h8,14H,6-7,12H2,1-5H3,(H,13,15). The molecular formula is C11H24N2O2. The van der Waals surface area contributed by atoms with Crippen LogP contribution in [0.25, 0.3) is 0 Å². The van der Waals surface area contributed by atoms with Gasteiger partial charge in [-0.05, 0) is 25.7 Å². The highest BCUT2D eigenvalue weighted by molar-refractivity contribution is 5.85. The first-order chi connectivity index (χ1) is 6.59. The fourth-order valence-corrected chi connectivity index (χ4v) is 1.20. The van der Waals surface area contributed by atoms with Gasteiger partial charge in [-0.3, -0.25) is 4.79 Å². The van der Waals surface area contributed by atoms with Crippen LogP contribution in [0.5, 0.6) is 0 Å². The highest BCUT2D eigenvalue weighted by atomic mass is 16.3. The third-order valence-corrected chi connectivity index (χ3v) is 2.35. The lowest BCUT2D eigenvalue weighted by molar-refractivity contribution is -0.126. The Bertz CT molecular complexity index is 214. The van der Waals surface area contributed by atoms with Gasteiger partial charge in [-0.2, -0.15) is 0 Å².